The molecule has 4 heterocycles. The van der Waals surface area contributed by atoms with Gasteiger partial charge in [0.2, 0.25) is 0 Å². The van der Waals surface area contributed by atoms with Crippen LogP contribution in [0.3, 0.4) is 0 Å². The van der Waals surface area contributed by atoms with E-state index in [2.05, 4.69) is 16.7 Å². The maximum Gasteiger partial charge on any atom is 0.417 e. The van der Waals surface area contributed by atoms with Crippen LogP contribution in [-0.4, -0.2) is 9.13 Å². The van der Waals surface area contributed by atoms with Crippen molar-refractivity contribution in [3.05, 3.63) is 169 Å². The third-order valence-corrected chi connectivity index (χ3v) is 11.6. The molecular weight excluding hydrogens is 732 g/mol. The number of fused-ring (bicyclic) bond motifs is 14. The van der Waals surface area contributed by atoms with E-state index in [-0.39, 0.29) is 16.7 Å². The van der Waals surface area contributed by atoms with Crippen LogP contribution in [0.5, 0.6) is 0 Å². The van der Waals surface area contributed by atoms with E-state index in [1.165, 1.54) is 12.1 Å². The first-order valence-corrected chi connectivity index (χ1v) is 18.8. The van der Waals surface area contributed by atoms with Crippen LogP contribution in [0.1, 0.15) is 11.1 Å². The van der Waals surface area contributed by atoms with Crippen LogP contribution in [0.2, 0.25) is 0 Å². The Balaban J connectivity index is 1.33. The minimum Gasteiger partial charge on any atom is -0.456 e. The summed E-state index contributed by atoms with van der Waals surface area (Å²) in [6, 6.07) is 51.0. The molecule has 0 aliphatic carbocycles. The lowest BCUT2D eigenvalue weighted by Crippen LogP contribution is -2.10. The molecule has 0 amide bonds. The van der Waals surface area contributed by atoms with E-state index < -0.39 is 11.7 Å². The number of benzene rings is 8. The van der Waals surface area contributed by atoms with Crippen molar-refractivity contribution in [2.24, 2.45) is 0 Å². The molecule has 58 heavy (non-hydrogen) atoms. The van der Waals surface area contributed by atoms with Crippen LogP contribution in [0, 0.1) is 11.3 Å². The summed E-state index contributed by atoms with van der Waals surface area (Å²) in [7, 11) is 0. The number of alkyl halides is 3. The second kappa shape index (κ2) is 11.6. The van der Waals surface area contributed by atoms with Gasteiger partial charge >= 0.3 is 6.18 Å². The number of furan rings is 2. The Morgan fingerprint density at radius 2 is 0.948 bits per heavy atom. The molecule has 8 aromatic carbocycles. The maximum atomic E-state index is 15.0. The van der Waals surface area contributed by atoms with Crippen LogP contribution in [-0.2, 0) is 6.18 Å². The zero-order valence-corrected chi connectivity index (χ0v) is 30.3. The molecule has 0 bridgehead atoms. The lowest BCUT2D eigenvalue weighted by Gasteiger charge is -2.22. The van der Waals surface area contributed by atoms with Gasteiger partial charge in [0, 0.05) is 37.9 Å². The molecule has 0 saturated carbocycles. The first-order valence-electron chi connectivity index (χ1n) is 18.8. The van der Waals surface area contributed by atoms with Crippen molar-refractivity contribution < 1.29 is 22.0 Å². The van der Waals surface area contributed by atoms with Gasteiger partial charge in [0.15, 0.2) is 0 Å². The molecule has 0 saturated heterocycles. The van der Waals surface area contributed by atoms with Gasteiger partial charge in [-0.05, 0) is 66.2 Å². The van der Waals surface area contributed by atoms with E-state index >= 15 is 13.2 Å². The molecular formula is C50H26F3N3O2. The highest BCUT2D eigenvalue weighted by Gasteiger charge is 2.35. The molecule has 0 radical (unpaired) electrons. The second-order valence-electron chi connectivity index (χ2n) is 14.6. The molecule has 8 heteroatoms. The third-order valence-electron chi connectivity index (χ3n) is 11.6. The predicted octanol–water partition coefficient (Wildman–Crippen LogP) is 14.2. The summed E-state index contributed by atoms with van der Waals surface area (Å²) in [5, 5.41) is 18.8. The van der Waals surface area contributed by atoms with Gasteiger partial charge < -0.3 is 18.0 Å². The summed E-state index contributed by atoms with van der Waals surface area (Å²) in [6.07, 6.45) is -4.67. The van der Waals surface area contributed by atoms with Crippen molar-refractivity contribution in [2.75, 3.05) is 0 Å². The monoisotopic (exact) mass is 757 g/mol. The number of halogens is 3. The fourth-order valence-corrected chi connectivity index (χ4v) is 9.30. The SMILES string of the molecule is N#Cc1c(-n2c3ccccc3c3ccc4oc5ccccc5c4c32)ccc(-c2ccccc2C(F)(F)F)c1-n1c2ccccc2c2ccc3oc4ccccc4c3c21. The van der Waals surface area contributed by atoms with E-state index in [0.29, 0.717) is 28.1 Å². The summed E-state index contributed by atoms with van der Waals surface area (Å²) in [4.78, 5) is 0. The van der Waals surface area contributed by atoms with Crippen molar-refractivity contribution in [1.29, 1.82) is 5.26 Å². The van der Waals surface area contributed by atoms with Crippen LogP contribution in [0.4, 0.5) is 13.2 Å². The molecule has 0 unspecified atom stereocenters. The highest BCUT2D eigenvalue weighted by Crippen LogP contribution is 2.48. The molecule has 274 valence electrons. The fraction of sp³-hybridized carbons (Fsp3) is 0.0200. The largest absolute Gasteiger partial charge is 0.456 e. The number of para-hydroxylation sites is 4. The van der Waals surface area contributed by atoms with Crippen molar-refractivity contribution in [3.8, 4) is 28.6 Å². The molecule has 0 fully saturated rings. The van der Waals surface area contributed by atoms with Crippen molar-refractivity contribution in [2.45, 2.75) is 6.18 Å². The van der Waals surface area contributed by atoms with E-state index in [0.717, 1.165) is 76.8 Å². The van der Waals surface area contributed by atoms with Crippen LogP contribution < -0.4 is 0 Å². The van der Waals surface area contributed by atoms with E-state index in [1.54, 1.807) is 18.2 Å². The number of rotatable bonds is 3. The van der Waals surface area contributed by atoms with Gasteiger partial charge in [0.1, 0.15) is 34.0 Å². The predicted molar refractivity (Wildman–Crippen MR) is 225 cm³/mol. The topological polar surface area (TPSA) is 59.9 Å². The quantitative estimate of drug-likeness (QED) is 0.180. The van der Waals surface area contributed by atoms with Gasteiger partial charge in [-0.2, -0.15) is 18.4 Å². The average molecular weight is 758 g/mol. The maximum absolute atomic E-state index is 15.0. The highest BCUT2D eigenvalue weighted by molar-refractivity contribution is 6.26. The Morgan fingerprint density at radius 3 is 1.53 bits per heavy atom. The zero-order chi connectivity index (χ0) is 38.9. The summed E-state index contributed by atoms with van der Waals surface area (Å²) >= 11 is 0. The third kappa shape index (κ3) is 4.30. The minimum atomic E-state index is -4.67. The molecule has 12 rings (SSSR count). The smallest absolute Gasteiger partial charge is 0.417 e. The van der Waals surface area contributed by atoms with Crippen LogP contribution >= 0.6 is 0 Å². The standard InChI is InChI=1S/C50H26F3N3O2/c51-50(52,53)37-16-6-1-11-28(37)31-21-24-40(55-38-17-7-2-12-29(38)32-22-25-43-45(48(32)55)34-14-4-9-19-41(34)57-43)36(27-54)47(31)56-39-18-8-3-13-30(39)33-23-26-44-46(49(33)56)35-15-5-10-20-42(35)58-44/h1-26H. The molecule has 4 aromatic heterocycles. The van der Waals surface area contributed by atoms with E-state index in [4.69, 9.17) is 8.83 Å². The highest BCUT2D eigenvalue weighted by atomic mass is 19.4. The molecule has 0 aliphatic rings. The number of nitriles is 1. The molecule has 0 spiro atoms. The number of hydrogen-bond acceptors (Lipinski definition) is 3. The normalized spacial score (nSPS) is 12.4. The summed E-state index contributed by atoms with van der Waals surface area (Å²) in [5.41, 5.74) is 6.34. The first kappa shape index (κ1) is 32.5. The Kier molecular flexibility index (Phi) is 6.52. The number of aromatic nitrogens is 2. The lowest BCUT2D eigenvalue weighted by molar-refractivity contribution is -0.137. The first-order chi connectivity index (χ1) is 28.4. The average Bonchev–Trinajstić information content (AvgIpc) is 4.00. The van der Waals surface area contributed by atoms with Gasteiger partial charge in [-0.3, -0.25) is 0 Å². The Bertz CT molecular complexity index is 3760. The van der Waals surface area contributed by atoms with Gasteiger partial charge in [-0.15, -0.1) is 0 Å². The molecule has 0 aliphatic heterocycles. The number of hydrogen-bond donors (Lipinski definition) is 0. The zero-order valence-electron chi connectivity index (χ0n) is 30.3. The van der Waals surface area contributed by atoms with Crippen LogP contribution in [0.15, 0.2) is 167 Å². The van der Waals surface area contributed by atoms with Gasteiger partial charge in [0.25, 0.3) is 0 Å². The minimum absolute atomic E-state index is 0.0337. The fourth-order valence-electron chi connectivity index (χ4n) is 9.30. The Morgan fingerprint density at radius 1 is 0.448 bits per heavy atom. The summed E-state index contributed by atoms with van der Waals surface area (Å²) < 4.78 is 61.9. The molecule has 0 N–H and O–H groups in total. The lowest BCUT2D eigenvalue weighted by atomic mass is 9.94. The Labute approximate surface area is 326 Å². The molecule has 0 atom stereocenters. The van der Waals surface area contributed by atoms with E-state index in [9.17, 15) is 5.26 Å². The van der Waals surface area contributed by atoms with E-state index in [1.807, 2.05) is 120 Å². The van der Waals surface area contributed by atoms with Crippen molar-refractivity contribution >= 4 is 87.5 Å². The molecule has 12 aromatic rings. The van der Waals surface area contributed by atoms with Crippen molar-refractivity contribution in [1.82, 2.24) is 9.13 Å². The van der Waals surface area contributed by atoms with Gasteiger partial charge in [-0.25, -0.2) is 0 Å². The van der Waals surface area contributed by atoms with Crippen LogP contribution in [0.25, 0.3) is 110 Å². The summed E-state index contributed by atoms with van der Waals surface area (Å²) in [5.74, 6) is 0. The second-order valence-corrected chi connectivity index (χ2v) is 14.6. The molecule has 5 nitrogen and oxygen atoms in total. The Hall–Kier alpha value is -7.76. The van der Waals surface area contributed by atoms with Gasteiger partial charge in [-0.1, -0.05) is 97.1 Å². The van der Waals surface area contributed by atoms with Gasteiger partial charge in [0.05, 0.1) is 49.8 Å². The number of nitrogens with zero attached hydrogens (tertiary/aromatic N) is 3. The van der Waals surface area contributed by atoms with Crippen molar-refractivity contribution in [3.63, 3.8) is 0 Å². The summed E-state index contributed by atoms with van der Waals surface area (Å²) in [6.45, 7) is 0.